The van der Waals surface area contributed by atoms with Crippen molar-refractivity contribution >= 4 is 12.7 Å². The zero-order valence-corrected chi connectivity index (χ0v) is 12.7. The molecule has 1 rings (SSSR count). The first-order valence-electron chi connectivity index (χ1n) is 7.22. The molecule has 1 aliphatic heterocycles. The second-order valence-electron chi connectivity index (χ2n) is 4.87. The van der Waals surface area contributed by atoms with Gasteiger partial charge < -0.3 is 9.69 Å². The molecule has 0 bridgehead atoms. The minimum atomic E-state index is 0.369. The molecule has 0 aliphatic carbocycles. The predicted molar refractivity (Wildman–Crippen MR) is 77.6 cm³/mol. The first-order valence-corrected chi connectivity index (χ1v) is 7.22. The first kappa shape index (κ1) is 19.5. The third-order valence-electron chi connectivity index (χ3n) is 2.93. The van der Waals surface area contributed by atoms with Gasteiger partial charge in [0, 0.05) is 19.5 Å². The summed E-state index contributed by atoms with van der Waals surface area (Å²) in [5.74, 6) is 0.920. The lowest BCUT2D eigenvalue weighted by atomic mass is 10.0. The molecule has 0 radical (unpaired) electrons. The van der Waals surface area contributed by atoms with E-state index in [1.54, 1.807) is 0 Å². The molecular weight excluding hydrogens is 226 g/mol. The van der Waals surface area contributed by atoms with E-state index in [9.17, 15) is 4.79 Å². The normalized spacial score (nSPS) is 15.7. The van der Waals surface area contributed by atoms with Crippen molar-refractivity contribution in [3.63, 3.8) is 0 Å². The quantitative estimate of drug-likeness (QED) is 0.773. The fourth-order valence-corrected chi connectivity index (χ4v) is 1.71. The standard InChI is InChI=1S/C11H21NO.C3H8.CH2O/c1-3-10(2)9-11(13)12-7-5-4-6-8-12;1-3-2;1-2/h10H,3-9H2,1-2H3;3H2,1-2H3;1H2. The van der Waals surface area contributed by atoms with E-state index in [4.69, 9.17) is 4.79 Å². The number of amides is 1. The molecule has 0 aromatic carbocycles. The van der Waals surface area contributed by atoms with Crippen molar-refractivity contribution in [2.45, 2.75) is 66.2 Å². The fourth-order valence-electron chi connectivity index (χ4n) is 1.71. The van der Waals surface area contributed by atoms with Gasteiger partial charge in [-0.15, -0.1) is 0 Å². The summed E-state index contributed by atoms with van der Waals surface area (Å²) in [6.07, 6.45) is 6.81. The van der Waals surface area contributed by atoms with Crippen LogP contribution in [0.15, 0.2) is 0 Å². The van der Waals surface area contributed by atoms with Gasteiger partial charge in [0.15, 0.2) is 0 Å². The number of carbonyl (C=O) groups excluding carboxylic acids is 2. The highest BCUT2D eigenvalue weighted by Gasteiger charge is 2.17. The summed E-state index contributed by atoms with van der Waals surface area (Å²) in [7, 11) is 0. The maximum atomic E-state index is 11.7. The van der Waals surface area contributed by atoms with Crippen molar-refractivity contribution < 1.29 is 9.59 Å². The molecule has 1 heterocycles. The molecule has 1 unspecified atom stereocenters. The van der Waals surface area contributed by atoms with Crippen molar-refractivity contribution in [3.8, 4) is 0 Å². The highest BCUT2D eigenvalue weighted by atomic mass is 16.2. The van der Waals surface area contributed by atoms with Gasteiger partial charge in [0.05, 0.1) is 0 Å². The lowest BCUT2D eigenvalue weighted by Gasteiger charge is -2.27. The molecule has 0 saturated carbocycles. The average molecular weight is 257 g/mol. The van der Waals surface area contributed by atoms with Crippen molar-refractivity contribution in [2.75, 3.05) is 13.1 Å². The molecule has 1 saturated heterocycles. The minimum Gasteiger partial charge on any atom is -0.343 e. The number of piperidine rings is 1. The van der Waals surface area contributed by atoms with Gasteiger partial charge in [-0.05, 0) is 25.2 Å². The molecule has 1 atom stereocenters. The smallest absolute Gasteiger partial charge is 0.222 e. The molecular formula is C15H31NO2. The number of nitrogens with zero attached hydrogens (tertiary/aromatic N) is 1. The van der Waals surface area contributed by atoms with Crippen LogP contribution in [0, 0.1) is 5.92 Å². The summed E-state index contributed by atoms with van der Waals surface area (Å²) in [6.45, 7) is 12.5. The van der Waals surface area contributed by atoms with Crippen LogP contribution in [0.1, 0.15) is 66.2 Å². The third-order valence-corrected chi connectivity index (χ3v) is 2.93. The summed E-state index contributed by atoms with van der Waals surface area (Å²) in [4.78, 5) is 21.7. The summed E-state index contributed by atoms with van der Waals surface area (Å²) in [6, 6.07) is 0. The van der Waals surface area contributed by atoms with Crippen LogP contribution >= 0.6 is 0 Å². The van der Waals surface area contributed by atoms with Gasteiger partial charge >= 0.3 is 0 Å². The molecule has 1 aliphatic rings. The molecule has 18 heavy (non-hydrogen) atoms. The van der Waals surface area contributed by atoms with Gasteiger partial charge in [0.25, 0.3) is 0 Å². The molecule has 1 fully saturated rings. The van der Waals surface area contributed by atoms with Crippen LogP contribution in [0.2, 0.25) is 0 Å². The van der Waals surface area contributed by atoms with E-state index in [1.165, 1.54) is 25.7 Å². The largest absolute Gasteiger partial charge is 0.343 e. The van der Waals surface area contributed by atoms with Gasteiger partial charge in [0.2, 0.25) is 5.91 Å². The third kappa shape index (κ3) is 10.3. The lowest BCUT2D eigenvalue weighted by Crippen LogP contribution is -2.36. The second-order valence-corrected chi connectivity index (χ2v) is 4.87. The van der Waals surface area contributed by atoms with Gasteiger partial charge in [-0.25, -0.2) is 0 Å². The van der Waals surface area contributed by atoms with E-state index in [0.717, 1.165) is 25.9 Å². The Bertz CT molecular complexity index is 189. The van der Waals surface area contributed by atoms with Crippen LogP contribution in [0.25, 0.3) is 0 Å². The van der Waals surface area contributed by atoms with Crippen LogP contribution in [0.5, 0.6) is 0 Å². The van der Waals surface area contributed by atoms with E-state index in [0.29, 0.717) is 11.8 Å². The second kappa shape index (κ2) is 14.2. The molecule has 0 N–H and O–H groups in total. The highest BCUT2D eigenvalue weighted by molar-refractivity contribution is 5.76. The summed E-state index contributed by atoms with van der Waals surface area (Å²) < 4.78 is 0. The Labute approximate surface area is 113 Å². The Balaban J connectivity index is 0. The van der Waals surface area contributed by atoms with E-state index in [2.05, 4.69) is 27.7 Å². The summed E-state index contributed by atoms with van der Waals surface area (Å²) >= 11 is 0. The number of hydrogen-bond acceptors (Lipinski definition) is 2. The number of carbonyl (C=O) groups is 2. The Hall–Kier alpha value is -0.860. The number of likely N-dealkylation sites (tertiary alicyclic amines) is 1. The van der Waals surface area contributed by atoms with Crippen LogP contribution in [-0.2, 0) is 9.59 Å². The van der Waals surface area contributed by atoms with E-state index >= 15 is 0 Å². The minimum absolute atomic E-state index is 0.369. The zero-order valence-electron chi connectivity index (χ0n) is 12.7. The molecule has 0 aromatic rings. The molecule has 108 valence electrons. The Kier molecular flexibility index (Phi) is 15.4. The van der Waals surface area contributed by atoms with Crippen LogP contribution in [0.3, 0.4) is 0 Å². The zero-order chi connectivity index (χ0) is 14.4. The van der Waals surface area contributed by atoms with Crippen molar-refractivity contribution in [1.29, 1.82) is 0 Å². The molecule has 3 nitrogen and oxygen atoms in total. The summed E-state index contributed by atoms with van der Waals surface area (Å²) in [5, 5.41) is 0. The monoisotopic (exact) mass is 257 g/mol. The lowest BCUT2D eigenvalue weighted by molar-refractivity contribution is -0.133. The van der Waals surface area contributed by atoms with E-state index in [-0.39, 0.29) is 0 Å². The molecule has 3 heteroatoms. The van der Waals surface area contributed by atoms with Gasteiger partial charge in [-0.2, -0.15) is 0 Å². The number of rotatable bonds is 3. The Morgan fingerprint density at radius 3 is 1.94 bits per heavy atom. The van der Waals surface area contributed by atoms with E-state index < -0.39 is 0 Å². The van der Waals surface area contributed by atoms with Gasteiger partial charge in [-0.1, -0.05) is 40.5 Å². The Morgan fingerprint density at radius 1 is 1.11 bits per heavy atom. The number of hydrogen-bond donors (Lipinski definition) is 0. The van der Waals surface area contributed by atoms with E-state index in [1.807, 2.05) is 11.7 Å². The summed E-state index contributed by atoms with van der Waals surface area (Å²) in [5.41, 5.74) is 0. The Morgan fingerprint density at radius 2 is 1.56 bits per heavy atom. The fraction of sp³-hybridized carbons (Fsp3) is 0.867. The van der Waals surface area contributed by atoms with Crippen LogP contribution < -0.4 is 0 Å². The SMILES string of the molecule is C=O.CCC.CCC(C)CC(=O)N1CCCCC1. The molecule has 1 amide bonds. The molecule has 0 aromatic heterocycles. The predicted octanol–water partition coefficient (Wildman–Crippen LogP) is 3.67. The topological polar surface area (TPSA) is 37.4 Å². The van der Waals surface area contributed by atoms with Crippen LogP contribution in [0.4, 0.5) is 0 Å². The van der Waals surface area contributed by atoms with Gasteiger partial charge in [-0.3, -0.25) is 4.79 Å². The van der Waals surface area contributed by atoms with Crippen molar-refractivity contribution in [3.05, 3.63) is 0 Å². The van der Waals surface area contributed by atoms with Gasteiger partial charge in [0.1, 0.15) is 6.79 Å². The van der Waals surface area contributed by atoms with Crippen LogP contribution in [-0.4, -0.2) is 30.7 Å². The maximum absolute atomic E-state index is 11.7. The van der Waals surface area contributed by atoms with Crippen molar-refractivity contribution in [2.24, 2.45) is 5.92 Å². The molecule has 0 spiro atoms. The van der Waals surface area contributed by atoms with Crippen molar-refractivity contribution in [1.82, 2.24) is 4.90 Å². The maximum Gasteiger partial charge on any atom is 0.222 e. The average Bonchev–Trinajstić information content (AvgIpc) is 2.42. The first-order chi connectivity index (χ1) is 8.65. The highest BCUT2D eigenvalue weighted by Crippen LogP contribution is 2.13.